The molecule has 0 spiro atoms. The summed E-state index contributed by atoms with van der Waals surface area (Å²) in [6, 6.07) is 12.2. The minimum Gasteiger partial charge on any atom is -0.508 e. The summed E-state index contributed by atoms with van der Waals surface area (Å²) in [4.78, 5) is 11.8. The van der Waals surface area contributed by atoms with Crippen molar-refractivity contribution < 1.29 is 14.3 Å². The number of carbonyl (C=O) groups is 1. The maximum absolute atomic E-state index is 13.1. The summed E-state index contributed by atoms with van der Waals surface area (Å²) < 4.78 is 13.1. The van der Waals surface area contributed by atoms with Crippen molar-refractivity contribution in [2.24, 2.45) is 0 Å². The van der Waals surface area contributed by atoms with Gasteiger partial charge in [-0.05, 0) is 54.5 Å². The molecule has 0 aliphatic carbocycles. The molecule has 3 nitrogen and oxygen atoms in total. The zero-order valence-electron chi connectivity index (χ0n) is 10.9. The smallest absolute Gasteiger partial charge is 0.248 e. The molecule has 0 aromatic heterocycles. The summed E-state index contributed by atoms with van der Waals surface area (Å²) >= 11 is 0. The summed E-state index contributed by atoms with van der Waals surface area (Å²) in [6.45, 7) is 1.74. The number of carbonyl (C=O) groups excluding carboxylic acids is 1. The number of benzene rings is 2. The third kappa shape index (κ3) is 3.68. The number of aromatic hydroxyl groups is 1. The van der Waals surface area contributed by atoms with Gasteiger partial charge in [0, 0.05) is 11.8 Å². The molecular weight excluding hydrogens is 257 g/mol. The average molecular weight is 271 g/mol. The molecule has 0 atom stereocenters. The molecule has 4 heteroatoms. The highest BCUT2D eigenvalue weighted by atomic mass is 19.1. The van der Waals surface area contributed by atoms with Crippen LogP contribution in [0.15, 0.2) is 54.6 Å². The van der Waals surface area contributed by atoms with Crippen LogP contribution in [0, 0.1) is 5.82 Å². The molecule has 0 saturated carbocycles. The van der Waals surface area contributed by atoms with Crippen LogP contribution >= 0.6 is 0 Å². The van der Waals surface area contributed by atoms with Crippen molar-refractivity contribution in [3.05, 3.63) is 66.0 Å². The molecule has 0 heterocycles. The van der Waals surface area contributed by atoms with Crippen molar-refractivity contribution in [2.45, 2.75) is 6.92 Å². The lowest BCUT2D eigenvalue weighted by Crippen LogP contribution is -2.08. The topological polar surface area (TPSA) is 49.3 Å². The highest BCUT2D eigenvalue weighted by molar-refractivity contribution is 6.03. The molecule has 0 saturated heterocycles. The molecule has 0 fully saturated rings. The molecule has 0 aliphatic rings. The number of amides is 1. The van der Waals surface area contributed by atoms with Gasteiger partial charge in [-0.15, -0.1) is 0 Å². The maximum atomic E-state index is 13.1. The lowest BCUT2D eigenvalue weighted by molar-refractivity contribution is -0.111. The second kappa shape index (κ2) is 6.02. The van der Waals surface area contributed by atoms with E-state index in [1.54, 1.807) is 31.2 Å². The number of hydrogen-bond donors (Lipinski definition) is 2. The van der Waals surface area contributed by atoms with Crippen LogP contribution in [-0.2, 0) is 4.79 Å². The molecule has 102 valence electrons. The second-order valence-corrected chi connectivity index (χ2v) is 4.37. The van der Waals surface area contributed by atoms with Crippen LogP contribution in [0.3, 0.4) is 0 Å². The van der Waals surface area contributed by atoms with Gasteiger partial charge >= 0.3 is 0 Å². The summed E-state index contributed by atoms with van der Waals surface area (Å²) in [6.07, 6.45) is 1.40. The predicted molar refractivity (Wildman–Crippen MR) is 76.8 cm³/mol. The van der Waals surface area contributed by atoms with Gasteiger partial charge in [0.15, 0.2) is 0 Å². The Morgan fingerprint density at radius 3 is 2.55 bits per heavy atom. The number of allylic oxidation sites excluding steroid dienone is 1. The Bertz CT molecular complexity index is 648. The molecule has 2 aromatic rings. The van der Waals surface area contributed by atoms with Gasteiger partial charge in [0.25, 0.3) is 0 Å². The van der Waals surface area contributed by atoms with Crippen molar-refractivity contribution >= 4 is 17.2 Å². The Morgan fingerprint density at radius 1 is 1.20 bits per heavy atom. The van der Waals surface area contributed by atoms with Gasteiger partial charge in [-0.1, -0.05) is 12.1 Å². The van der Waals surface area contributed by atoms with Gasteiger partial charge in [0.2, 0.25) is 5.91 Å². The highest BCUT2D eigenvalue weighted by Crippen LogP contribution is 2.16. The highest BCUT2D eigenvalue weighted by Gasteiger charge is 2.02. The van der Waals surface area contributed by atoms with E-state index in [-0.39, 0.29) is 17.5 Å². The third-order valence-electron chi connectivity index (χ3n) is 2.76. The molecule has 2 aromatic carbocycles. The van der Waals surface area contributed by atoms with Crippen LogP contribution in [-0.4, -0.2) is 11.0 Å². The Hall–Kier alpha value is -2.62. The van der Waals surface area contributed by atoms with Gasteiger partial charge in [-0.25, -0.2) is 4.39 Å². The fourth-order valence-electron chi connectivity index (χ4n) is 1.74. The minimum absolute atomic E-state index is 0.134. The Labute approximate surface area is 116 Å². The van der Waals surface area contributed by atoms with Crippen LogP contribution < -0.4 is 5.32 Å². The summed E-state index contributed by atoms with van der Waals surface area (Å²) in [5.41, 5.74) is 1.91. The van der Waals surface area contributed by atoms with Crippen molar-refractivity contribution in [1.82, 2.24) is 0 Å². The monoisotopic (exact) mass is 271 g/mol. The number of hydrogen-bond acceptors (Lipinski definition) is 2. The number of phenols is 1. The van der Waals surface area contributed by atoms with E-state index in [0.717, 1.165) is 0 Å². The van der Waals surface area contributed by atoms with Crippen LogP contribution in [0.4, 0.5) is 10.1 Å². The van der Waals surface area contributed by atoms with E-state index in [9.17, 15) is 9.18 Å². The standard InChI is InChI=1S/C16H14FNO2/c1-11(12-3-2-4-13(17)10-12)9-16(20)18-14-5-7-15(19)8-6-14/h2-10,19H,1H3,(H,18,20). The summed E-state index contributed by atoms with van der Waals surface area (Å²) in [7, 11) is 0. The number of rotatable bonds is 3. The van der Waals surface area contributed by atoms with Crippen LogP contribution in [0.1, 0.15) is 12.5 Å². The van der Waals surface area contributed by atoms with E-state index in [1.165, 1.54) is 30.3 Å². The molecule has 0 radical (unpaired) electrons. The molecule has 20 heavy (non-hydrogen) atoms. The third-order valence-corrected chi connectivity index (χ3v) is 2.76. The second-order valence-electron chi connectivity index (χ2n) is 4.37. The Balaban J connectivity index is 2.10. The van der Waals surface area contributed by atoms with E-state index in [1.807, 2.05) is 0 Å². The molecule has 0 unspecified atom stereocenters. The van der Waals surface area contributed by atoms with Crippen molar-refractivity contribution in [2.75, 3.05) is 5.32 Å². The van der Waals surface area contributed by atoms with E-state index in [4.69, 9.17) is 5.11 Å². The van der Waals surface area contributed by atoms with Gasteiger partial charge in [0.05, 0.1) is 0 Å². The first-order valence-corrected chi connectivity index (χ1v) is 6.09. The lowest BCUT2D eigenvalue weighted by atomic mass is 10.1. The zero-order chi connectivity index (χ0) is 14.5. The Kier molecular flexibility index (Phi) is 4.15. The van der Waals surface area contributed by atoms with Crippen molar-refractivity contribution in [3.63, 3.8) is 0 Å². The quantitative estimate of drug-likeness (QED) is 0.662. The molecule has 2 N–H and O–H groups in total. The van der Waals surface area contributed by atoms with Crippen molar-refractivity contribution in [3.8, 4) is 5.75 Å². The van der Waals surface area contributed by atoms with E-state index in [2.05, 4.69) is 5.32 Å². The summed E-state index contributed by atoms with van der Waals surface area (Å²) in [5, 5.41) is 11.8. The van der Waals surface area contributed by atoms with E-state index in [0.29, 0.717) is 16.8 Å². The first-order valence-electron chi connectivity index (χ1n) is 6.09. The largest absolute Gasteiger partial charge is 0.508 e. The molecule has 0 bridgehead atoms. The first kappa shape index (κ1) is 13.8. The fraction of sp³-hybridized carbons (Fsp3) is 0.0625. The predicted octanol–water partition coefficient (Wildman–Crippen LogP) is 3.57. The van der Waals surface area contributed by atoms with Gasteiger partial charge in [-0.2, -0.15) is 0 Å². The lowest BCUT2D eigenvalue weighted by Gasteiger charge is -2.04. The van der Waals surface area contributed by atoms with Gasteiger partial charge < -0.3 is 10.4 Å². The maximum Gasteiger partial charge on any atom is 0.248 e. The first-order chi connectivity index (χ1) is 9.54. The average Bonchev–Trinajstić information content (AvgIpc) is 2.41. The molecule has 0 aliphatic heterocycles. The summed E-state index contributed by atoms with van der Waals surface area (Å²) in [5.74, 6) is -0.513. The normalized spacial score (nSPS) is 11.2. The number of halogens is 1. The SMILES string of the molecule is CC(=CC(=O)Nc1ccc(O)cc1)c1cccc(F)c1. The number of phenolic OH excluding ortho intramolecular Hbond substituents is 1. The number of anilines is 1. The van der Waals surface area contributed by atoms with E-state index >= 15 is 0 Å². The van der Waals surface area contributed by atoms with Crippen LogP contribution in [0.5, 0.6) is 5.75 Å². The van der Waals surface area contributed by atoms with Crippen LogP contribution in [0.2, 0.25) is 0 Å². The zero-order valence-corrected chi connectivity index (χ0v) is 10.9. The number of nitrogens with one attached hydrogen (secondary N) is 1. The van der Waals surface area contributed by atoms with Crippen LogP contribution in [0.25, 0.3) is 5.57 Å². The molecule has 2 rings (SSSR count). The van der Waals surface area contributed by atoms with Gasteiger partial charge in [-0.3, -0.25) is 4.79 Å². The fourth-order valence-corrected chi connectivity index (χ4v) is 1.74. The van der Waals surface area contributed by atoms with Crippen molar-refractivity contribution in [1.29, 1.82) is 0 Å². The van der Waals surface area contributed by atoms with E-state index < -0.39 is 0 Å². The van der Waals surface area contributed by atoms with Gasteiger partial charge in [0.1, 0.15) is 11.6 Å². The molecule has 1 amide bonds. The Morgan fingerprint density at radius 2 is 1.90 bits per heavy atom. The molecular formula is C16H14FNO2. The minimum atomic E-state index is -0.339.